The molecule has 0 aliphatic heterocycles. The molecule has 0 fully saturated rings. The first-order valence-corrected chi connectivity index (χ1v) is 5.87. The molecule has 1 heterocycles. The summed E-state index contributed by atoms with van der Waals surface area (Å²) < 4.78 is 5.07. The molecule has 2 rings (SSSR count). The van der Waals surface area contributed by atoms with Crippen LogP contribution in [0.25, 0.3) is 11.4 Å². The molecule has 0 saturated carbocycles. The van der Waals surface area contributed by atoms with Crippen LogP contribution < -0.4 is 5.73 Å². The highest BCUT2D eigenvalue weighted by molar-refractivity contribution is 5.63. The lowest BCUT2D eigenvalue weighted by Gasteiger charge is -2.01. The fourth-order valence-corrected chi connectivity index (χ4v) is 1.63. The Labute approximate surface area is 109 Å². The van der Waals surface area contributed by atoms with Gasteiger partial charge in [0.2, 0.25) is 11.7 Å². The van der Waals surface area contributed by atoms with Crippen molar-refractivity contribution in [3.05, 3.63) is 39.8 Å². The SMILES string of the molecule is CCC(N)c1nc(-c2cc([N+](=O)[O-])ccc2C)no1. The molecule has 0 aliphatic carbocycles. The average Bonchev–Trinajstić information content (AvgIpc) is 2.87. The quantitative estimate of drug-likeness (QED) is 0.669. The number of non-ortho nitro benzene ring substituents is 1. The van der Waals surface area contributed by atoms with E-state index >= 15 is 0 Å². The van der Waals surface area contributed by atoms with Crippen molar-refractivity contribution in [2.75, 3.05) is 0 Å². The van der Waals surface area contributed by atoms with Crippen LogP contribution >= 0.6 is 0 Å². The number of nitrogens with two attached hydrogens (primary N) is 1. The zero-order valence-corrected chi connectivity index (χ0v) is 10.7. The lowest BCUT2D eigenvalue weighted by molar-refractivity contribution is -0.384. The van der Waals surface area contributed by atoms with E-state index in [1.54, 1.807) is 6.07 Å². The Morgan fingerprint density at radius 3 is 2.89 bits per heavy atom. The maximum absolute atomic E-state index is 10.8. The van der Waals surface area contributed by atoms with Crippen molar-refractivity contribution in [1.29, 1.82) is 0 Å². The van der Waals surface area contributed by atoms with Gasteiger partial charge in [-0.3, -0.25) is 10.1 Å². The normalized spacial score (nSPS) is 12.4. The Kier molecular flexibility index (Phi) is 3.57. The van der Waals surface area contributed by atoms with E-state index in [1.165, 1.54) is 12.1 Å². The number of aromatic nitrogens is 2. The molecular weight excluding hydrogens is 248 g/mol. The number of nitro groups is 1. The van der Waals surface area contributed by atoms with Gasteiger partial charge in [0.25, 0.3) is 5.69 Å². The molecule has 0 spiro atoms. The van der Waals surface area contributed by atoms with Crippen LogP contribution in [-0.2, 0) is 0 Å². The molecule has 0 bridgehead atoms. The molecule has 0 amide bonds. The average molecular weight is 262 g/mol. The predicted molar refractivity (Wildman–Crippen MR) is 68.3 cm³/mol. The van der Waals surface area contributed by atoms with Crippen molar-refractivity contribution >= 4 is 5.69 Å². The molecule has 1 atom stereocenters. The van der Waals surface area contributed by atoms with Crippen LogP contribution in [0.5, 0.6) is 0 Å². The van der Waals surface area contributed by atoms with Crippen molar-refractivity contribution in [1.82, 2.24) is 10.1 Å². The molecule has 7 nitrogen and oxygen atoms in total. The van der Waals surface area contributed by atoms with Gasteiger partial charge in [0.05, 0.1) is 11.0 Å². The monoisotopic (exact) mass is 262 g/mol. The molecule has 1 aromatic heterocycles. The van der Waals surface area contributed by atoms with Crippen LogP contribution in [0, 0.1) is 17.0 Å². The molecule has 7 heteroatoms. The van der Waals surface area contributed by atoms with E-state index in [-0.39, 0.29) is 11.7 Å². The minimum Gasteiger partial charge on any atom is -0.337 e. The Morgan fingerprint density at radius 2 is 2.26 bits per heavy atom. The number of nitro benzene ring substituents is 1. The molecule has 19 heavy (non-hydrogen) atoms. The second kappa shape index (κ2) is 5.15. The second-order valence-corrected chi connectivity index (χ2v) is 4.23. The van der Waals surface area contributed by atoms with Crippen LogP contribution in [0.2, 0.25) is 0 Å². The fraction of sp³-hybridized carbons (Fsp3) is 0.333. The third-order valence-electron chi connectivity index (χ3n) is 2.87. The van der Waals surface area contributed by atoms with E-state index in [4.69, 9.17) is 10.3 Å². The summed E-state index contributed by atoms with van der Waals surface area (Å²) in [5, 5.41) is 14.6. The summed E-state index contributed by atoms with van der Waals surface area (Å²) in [5.74, 6) is 0.656. The van der Waals surface area contributed by atoms with E-state index < -0.39 is 4.92 Å². The third kappa shape index (κ3) is 2.60. The van der Waals surface area contributed by atoms with Crippen molar-refractivity contribution < 1.29 is 9.45 Å². The van der Waals surface area contributed by atoms with Crippen molar-refractivity contribution in [3.63, 3.8) is 0 Å². The Hall–Kier alpha value is -2.28. The summed E-state index contributed by atoms with van der Waals surface area (Å²) in [5.41, 5.74) is 7.20. The zero-order chi connectivity index (χ0) is 14.0. The van der Waals surface area contributed by atoms with Gasteiger partial charge in [-0.15, -0.1) is 0 Å². The van der Waals surface area contributed by atoms with E-state index in [0.717, 1.165) is 5.56 Å². The van der Waals surface area contributed by atoms with Crippen LogP contribution in [0.15, 0.2) is 22.7 Å². The molecule has 0 aliphatic rings. The van der Waals surface area contributed by atoms with E-state index in [1.807, 2.05) is 13.8 Å². The number of rotatable bonds is 4. The summed E-state index contributed by atoms with van der Waals surface area (Å²) in [6.07, 6.45) is 0.676. The minimum atomic E-state index is -0.457. The van der Waals surface area contributed by atoms with E-state index in [0.29, 0.717) is 23.7 Å². The maximum atomic E-state index is 10.8. The number of hydrogen-bond acceptors (Lipinski definition) is 6. The number of nitrogens with zero attached hydrogens (tertiary/aromatic N) is 3. The summed E-state index contributed by atoms with van der Waals surface area (Å²) in [4.78, 5) is 14.5. The van der Waals surface area contributed by atoms with Gasteiger partial charge >= 0.3 is 0 Å². The summed E-state index contributed by atoms with van der Waals surface area (Å²) in [6, 6.07) is 4.21. The van der Waals surface area contributed by atoms with Gasteiger partial charge in [-0.2, -0.15) is 4.98 Å². The summed E-state index contributed by atoms with van der Waals surface area (Å²) in [6.45, 7) is 3.74. The first-order chi connectivity index (χ1) is 9.02. The van der Waals surface area contributed by atoms with Crippen LogP contribution in [0.3, 0.4) is 0 Å². The van der Waals surface area contributed by atoms with Gasteiger partial charge in [-0.1, -0.05) is 18.1 Å². The highest BCUT2D eigenvalue weighted by Crippen LogP contribution is 2.26. The Balaban J connectivity index is 2.43. The van der Waals surface area contributed by atoms with Crippen molar-refractivity contribution in [3.8, 4) is 11.4 Å². The molecule has 0 radical (unpaired) electrons. The Morgan fingerprint density at radius 1 is 1.53 bits per heavy atom. The highest BCUT2D eigenvalue weighted by Gasteiger charge is 2.17. The minimum absolute atomic E-state index is 0.00765. The first-order valence-electron chi connectivity index (χ1n) is 5.87. The van der Waals surface area contributed by atoms with Crippen LogP contribution in [-0.4, -0.2) is 15.1 Å². The standard InChI is InChI=1S/C12H14N4O3/c1-3-10(13)12-14-11(15-19-12)9-6-8(16(17)18)5-4-7(9)2/h4-6,10H,3,13H2,1-2H3. The van der Waals surface area contributed by atoms with Crippen LogP contribution in [0.1, 0.15) is 30.8 Å². The molecule has 1 unspecified atom stereocenters. The lowest BCUT2D eigenvalue weighted by Crippen LogP contribution is -2.08. The van der Waals surface area contributed by atoms with E-state index in [9.17, 15) is 10.1 Å². The van der Waals surface area contributed by atoms with Gasteiger partial charge in [0.15, 0.2) is 0 Å². The van der Waals surface area contributed by atoms with Gasteiger partial charge in [0, 0.05) is 17.7 Å². The van der Waals surface area contributed by atoms with E-state index in [2.05, 4.69) is 10.1 Å². The van der Waals surface area contributed by atoms with Crippen molar-refractivity contribution in [2.24, 2.45) is 5.73 Å². The van der Waals surface area contributed by atoms with Gasteiger partial charge in [0.1, 0.15) is 0 Å². The number of benzene rings is 1. The summed E-state index contributed by atoms with van der Waals surface area (Å²) in [7, 11) is 0. The maximum Gasteiger partial charge on any atom is 0.270 e. The lowest BCUT2D eigenvalue weighted by atomic mass is 10.1. The number of aryl methyl sites for hydroxylation is 1. The largest absolute Gasteiger partial charge is 0.337 e. The second-order valence-electron chi connectivity index (χ2n) is 4.23. The molecular formula is C12H14N4O3. The predicted octanol–water partition coefficient (Wildman–Crippen LogP) is 2.36. The van der Waals surface area contributed by atoms with Crippen molar-refractivity contribution in [2.45, 2.75) is 26.3 Å². The molecule has 0 saturated heterocycles. The van der Waals surface area contributed by atoms with Gasteiger partial charge < -0.3 is 10.3 Å². The zero-order valence-electron chi connectivity index (χ0n) is 10.7. The third-order valence-corrected chi connectivity index (χ3v) is 2.87. The van der Waals surface area contributed by atoms with Crippen LogP contribution in [0.4, 0.5) is 5.69 Å². The molecule has 1 aromatic carbocycles. The Bertz CT molecular complexity index is 609. The van der Waals surface area contributed by atoms with Gasteiger partial charge in [-0.05, 0) is 18.9 Å². The molecule has 2 aromatic rings. The smallest absolute Gasteiger partial charge is 0.270 e. The van der Waals surface area contributed by atoms with Gasteiger partial charge in [-0.25, -0.2) is 0 Å². The topological polar surface area (TPSA) is 108 Å². The molecule has 2 N–H and O–H groups in total. The first kappa shape index (κ1) is 13.2. The fourth-order valence-electron chi connectivity index (χ4n) is 1.63. The molecule has 100 valence electrons. The summed E-state index contributed by atoms with van der Waals surface area (Å²) >= 11 is 0. The number of hydrogen-bond donors (Lipinski definition) is 1. The highest BCUT2D eigenvalue weighted by atomic mass is 16.6.